The maximum Gasteiger partial charge on any atom is 0.419 e. The fourth-order valence-corrected chi connectivity index (χ4v) is 3.90. The third-order valence-electron chi connectivity index (χ3n) is 5.77. The van der Waals surface area contributed by atoms with E-state index in [4.69, 9.17) is 9.47 Å². The van der Waals surface area contributed by atoms with Crippen LogP contribution in [-0.2, 0) is 17.5 Å². The molecule has 2 aromatic heterocycles. The standard InChI is InChI=1S/C23H26F4N4O3/c1-14(2)31-13-16(10-28-31)12-29-15(3)11-30(22(29)32)20-9-18(34-17-4-6-33-7-5-17)8-19(21(20)24)23(25,26)27/h8-11,13-14,17H,4-7,12H2,1-3H3. The number of benzene rings is 1. The molecule has 184 valence electrons. The van der Waals surface area contributed by atoms with Gasteiger partial charge in [-0.3, -0.25) is 13.8 Å². The van der Waals surface area contributed by atoms with Crippen molar-refractivity contribution in [2.24, 2.45) is 0 Å². The maximum absolute atomic E-state index is 15.1. The number of rotatable bonds is 6. The molecular weight excluding hydrogens is 456 g/mol. The van der Waals surface area contributed by atoms with Gasteiger partial charge in [-0.1, -0.05) is 0 Å². The number of hydrogen-bond acceptors (Lipinski definition) is 4. The molecule has 0 atom stereocenters. The van der Waals surface area contributed by atoms with Gasteiger partial charge in [-0.15, -0.1) is 0 Å². The molecule has 0 N–H and O–H groups in total. The molecule has 0 spiro atoms. The van der Waals surface area contributed by atoms with E-state index in [0.717, 1.165) is 16.2 Å². The molecule has 1 fully saturated rings. The van der Waals surface area contributed by atoms with Crippen LogP contribution in [0.5, 0.6) is 5.75 Å². The van der Waals surface area contributed by atoms with Crippen LogP contribution >= 0.6 is 0 Å². The Morgan fingerprint density at radius 1 is 1.21 bits per heavy atom. The normalized spacial score (nSPS) is 15.3. The van der Waals surface area contributed by atoms with Gasteiger partial charge in [-0.05, 0) is 26.8 Å². The minimum atomic E-state index is -4.96. The molecule has 3 heterocycles. The molecule has 3 aromatic rings. The number of nitrogens with zero attached hydrogens (tertiary/aromatic N) is 4. The summed E-state index contributed by atoms with van der Waals surface area (Å²) in [6.45, 7) is 6.56. The summed E-state index contributed by atoms with van der Waals surface area (Å²) in [4.78, 5) is 13.1. The Balaban J connectivity index is 1.74. The Hall–Kier alpha value is -3.08. The molecule has 1 aliphatic heterocycles. The van der Waals surface area contributed by atoms with Crippen molar-refractivity contribution in [1.82, 2.24) is 18.9 Å². The largest absolute Gasteiger partial charge is 0.490 e. The SMILES string of the molecule is Cc1cn(-c2cc(OC3CCOCC3)cc(C(F)(F)F)c2F)c(=O)n1Cc1cnn(C(C)C)c1. The topological polar surface area (TPSA) is 63.2 Å². The number of aryl methyl sites for hydroxylation is 1. The maximum atomic E-state index is 15.1. The molecule has 1 aliphatic rings. The van der Waals surface area contributed by atoms with Crippen LogP contribution in [0.25, 0.3) is 5.69 Å². The summed E-state index contributed by atoms with van der Waals surface area (Å²) in [7, 11) is 0. The zero-order valence-corrected chi connectivity index (χ0v) is 19.1. The van der Waals surface area contributed by atoms with Crippen molar-refractivity contribution < 1.29 is 27.0 Å². The predicted molar refractivity (Wildman–Crippen MR) is 116 cm³/mol. The van der Waals surface area contributed by atoms with E-state index in [2.05, 4.69) is 5.10 Å². The van der Waals surface area contributed by atoms with E-state index in [1.807, 2.05) is 13.8 Å². The Kier molecular flexibility index (Phi) is 6.57. The third-order valence-corrected chi connectivity index (χ3v) is 5.77. The van der Waals surface area contributed by atoms with Gasteiger partial charge in [0.15, 0.2) is 5.82 Å². The first-order valence-electron chi connectivity index (χ1n) is 11.0. The summed E-state index contributed by atoms with van der Waals surface area (Å²) in [6.07, 6.45) is 0.439. The summed E-state index contributed by atoms with van der Waals surface area (Å²) in [5.74, 6) is -1.68. The number of ether oxygens (including phenoxy) is 2. The van der Waals surface area contributed by atoms with Gasteiger partial charge in [-0.2, -0.15) is 18.3 Å². The van der Waals surface area contributed by atoms with Crippen LogP contribution in [0.3, 0.4) is 0 Å². The van der Waals surface area contributed by atoms with E-state index in [9.17, 15) is 18.0 Å². The second-order valence-electron chi connectivity index (χ2n) is 8.66. The van der Waals surface area contributed by atoms with Gasteiger partial charge in [0.25, 0.3) is 0 Å². The van der Waals surface area contributed by atoms with Crippen molar-refractivity contribution in [3.8, 4) is 11.4 Å². The third kappa shape index (κ3) is 4.89. The lowest BCUT2D eigenvalue weighted by atomic mass is 10.1. The Morgan fingerprint density at radius 3 is 2.53 bits per heavy atom. The summed E-state index contributed by atoms with van der Waals surface area (Å²) in [5, 5.41) is 4.24. The first kappa shape index (κ1) is 24.1. The Morgan fingerprint density at radius 2 is 1.91 bits per heavy atom. The average Bonchev–Trinajstić information content (AvgIpc) is 3.35. The van der Waals surface area contributed by atoms with E-state index in [1.165, 1.54) is 10.8 Å². The van der Waals surface area contributed by atoms with E-state index in [-0.39, 0.29) is 24.4 Å². The molecule has 1 saturated heterocycles. The van der Waals surface area contributed by atoms with Gasteiger partial charge < -0.3 is 9.47 Å². The highest BCUT2D eigenvalue weighted by Gasteiger charge is 2.37. The molecule has 34 heavy (non-hydrogen) atoms. The summed E-state index contributed by atoms with van der Waals surface area (Å²) >= 11 is 0. The highest BCUT2D eigenvalue weighted by atomic mass is 19.4. The van der Waals surface area contributed by atoms with E-state index in [0.29, 0.717) is 37.8 Å². The van der Waals surface area contributed by atoms with Crippen LogP contribution in [0.4, 0.5) is 17.6 Å². The van der Waals surface area contributed by atoms with Crippen LogP contribution in [0.2, 0.25) is 0 Å². The van der Waals surface area contributed by atoms with Crippen LogP contribution < -0.4 is 10.4 Å². The number of aromatic nitrogens is 4. The van der Waals surface area contributed by atoms with Crippen LogP contribution in [0.15, 0.2) is 35.5 Å². The fourth-order valence-electron chi connectivity index (χ4n) is 3.90. The van der Waals surface area contributed by atoms with E-state index in [1.54, 1.807) is 24.0 Å². The second-order valence-corrected chi connectivity index (χ2v) is 8.66. The van der Waals surface area contributed by atoms with Crippen molar-refractivity contribution in [1.29, 1.82) is 0 Å². The molecule has 7 nitrogen and oxygen atoms in total. The van der Waals surface area contributed by atoms with Crippen molar-refractivity contribution in [3.05, 3.63) is 63.8 Å². The van der Waals surface area contributed by atoms with Gasteiger partial charge in [0, 0.05) is 48.6 Å². The van der Waals surface area contributed by atoms with Gasteiger partial charge in [0.05, 0.1) is 37.2 Å². The predicted octanol–water partition coefficient (Wildman–Crippen LogP) is 4.49. The first-order valence-corrected chi connectivity index (χ1v) is 11.0. The van der Waals surface area contributed by atoms with Crippen molar-refractivity contribution in [3.63, 3.8) is 0 Å². The molecule has 0 bridgehead atoms. The lowest BCUT2D eigenvalue weighted by molar-refractivity contribution is -0.140. The quantitative estimate of drug-likeness (QED) is 0.486. The smallest absolute Gasteiger partial charge is 0.419 e. The van der Waals surface area contributed by atoms with Crippen LogP contribution in [0, 0.1) is 12.7 Å². The molecule has 0 amide bonds. The summed E-state index contributed by atoms with van der Waals surface area (Å²) in [5.41, 5.74) is -1.45. The van der Waals surface area contributed by atoms with Crippen LogP contribution in [-0.4, -0.2) is 38.2 Å². The van der Waals surface area contributed by atoms with Gasteiger partial charge in [-0.25, -0.2) is 9.18 Å². The number of hydrogen-bond donors (Lipinski definition) is 0. The van der Waals surface area contributed by atoms with Crippen molar-refractivity contribution in [2.45, 2.75) is 58.5 Å². The highest BCUT2D eigenvalue weighted by molar-refractivity contribution is 5.46. The Labute approximate surface area is 193 Å². The lowest BCUT2D eigenvalue weighted by Gasteiger charge is -2.24. The minimum Gasteiger partial charge on any atom is -0.490 e. The molecule has 0 unspecified atom stereocenters. The first-order chi connectivity index (χ1) is 16.0. The van der Waals surface area contributed by atoms with Gasteiger partial charge >= 0.3 is 11.9 Å². The van der Waals surface area contributed by atoms with Gasteiger partial charge in [0.2, 0.25) is 0 Å². The number of imidazole rings is 1. The molecule has 0 radical (unpaired) electrons. The molecule has 0 saturated carbocycles. The highest BCUT2D eigenvalue weighted by Crippen LogP contribution is 2.37. The van der Waals surface area contributed by atoms with Crippen molar-refractivity contribution in [2.75, 3.05) is 13.2 Å². The van der Waals surface area contributed by atoms with Gasteiger partial charge in [0.1, 0.15) is 11.9 Å². The number of alkyl halides is 3. The minimum absolute atomic E-state index is 0.129. The number of halogens is 4. The lowest BCUT2D eigenvalue weighted by Crippen LogP contribution is -2.27. The summed E-state index contributed by atoms with van der Waals surface area (Å²) < 4.78 is 70.9. The van der Waals surface area contributed by atoms with E-state index >= 15 is 4.39 Å². The zero-order chi connectivity index (χ0) is 24.6. The molecule has 0 aliphatic carbocycles. The Bertz CT molecular complexity index is 1220. The zero-order valence-electron chi connectivity index (χ0n) is 19.1. The van der Waals surface area contributed by atoms with Crippen LogP contribution in [0.1, 0.15) is 49.6 Å². The second kappa shape index (κ2) is 9.28. The average molecular weight is 482 g/mol. The van der Waals surface area contributed by atoms with E-state index < -0.39 is 28.9 Å². The monoisotopic (exact) mass is 482 g/mol. The molecular formula is C23H26F4N4O3. The summed E-state index contributed by atoms with van der Waals surface area (Å²) in [6, 6.07) is 1.91. The molecule has 11 heteroatoms. The molecule has 4 rings (SSSR count). The molecule has 1 aromatic carbocycles. The van der Waals surface area contributed by atoms with Crippen molar-refractivity contribution >= 4 is 0 Å². The fraction of sp³-hybridized carbons (Fsp3) is 0.478.